The zero-order chi connectivity index (χ0) is 14.1. The molecule has 0 aliphatic carbocycles. The third-order valence-corrected chi connectivity index (χ3v) is 3.07. The van der Waals surface area contributed by atoms with E-state index >= 15 is 0 Å². The summed E-state index contributed by atoms with van der Waals surface area (Å²) < 4.78 is 11.8. The van der Waals surface area contributed by atoms with Crippen molar-refractivity contribution in [3.05, 3.63) is 23.8 Å². The van der Waals surface area contributed by atoms with Gasteiger partial charge in [0.1, 0.15) is 12.2 Å². The minimum absolute atomic E-state index is 0.120. The molecule has 1 aromatic carbocycles. The van der Waals surface area contributed by atoms with E-state index < -0.39 is 0 Å². The largest absolute Gasteiger partial charge is 0.488 e. The van der Waals surface area contributed by atoms with Crippen molar-refractivity contribution in [1.29, 1.82) is 0 Å². The lowest BCUT2D eigenvalue weighted by Crippen LogP contribution is -2.38. The summed E-state index contributed by atoms with van der Waals surface area (Å²) in [5.41, 5.74) is 1.25. The van der Waals surface area contributed by atoms with Gasteiger partial charge in [-0.25, -0.2) is 0 Å². The highest BCUT2D eigenvalue weighted by atomic mass is 16.5. The Morgan fingerprint density at radius 1 is 1.32 bits per heavy atom. The van der Waals surface area contributed by atoms with Crippen molar-refractivity contribution < 1.29 is 9.47 Å². The van der Waals surface area contributed by atoms with E-state index in [1.54, 1.807) is 0 Å². The van der Waals surface area contributed by atoms with Crippen LogP contribution in [-0.2, 0) is 6.42 Å². The average Bonchev–Trinajstić information content (AvgIpc) is 2.57. The number of hydrogen-bond acceptors (Lipinski definition) is 3. The van der Waals surface area contributed by atoms with Gasteiger partial charge in [-0.2, -0.15) is 0 Å². The van der Waals surface area contributed by atoms with Crippen molar-refractivity contribution in [3.8, 4) is 11.5 Å². The molecule has 1 aliphatic heterocycles. The Balaban J connectivity index is 1.94. The van der Waals surface area contributed by atoms with Crippen molar-refractivity contribution in [2.24, 2.45) is 0 Å². The van der Waals surface area contributed by atoms with Crippen LogP contribution in [0.1, 0.15) is 40.2 Å². The normalized spacial score (nSPS) is 16.9. The number of ether oxygens (including phenoxy) is 2. The summed E-state index contributed by atoms with van der Waals surface area (Å²) in [5, 5.41) is 3.41. The van der Waals surface area contributed by atoms with E-state index in [0.29, 0.717) is 6.61 Å². The Morgan fingerprint density at radius 2 is 2.05 bits per heavy atom. The zero-order valence-electron chi connectivity index (χ0n) is 12.7. The van der Waals surface area contributed by atoms with E-state index in [1.807, 2.05) is 12.1 Å². The van der Waals surface area contributed by atoms with Crippen LogP contribution in [0.25, 0.3) is 0 Å². The number of hydrogen-bond donors (Lipinski definition) is 1. The van der Waals surface area contributed by atoms with Gasteiger partial charge in [0.2, 0.25) is 0 Å². The third kappa shape index (κ3) is 3.87. The third-order valence-electron chi connectivity index (χ3n) is 3.07. The van der Waals surface area contributed by atoms with Crippen LogP contribution in [0.5, 0.6) is 11.5 Å². The molecular formula is C16H25NO2. The molecule has 0 radical (unpaired) electrons. The number of rotatable bonds is 4. The molecule has 1 aromatic rings. The Hall–Kier alpha value is -1.22. The molecule has 3 heteroatoms. The molecule has 0 aromatic heterocycles. The molecule has 106 valence electrons. The SMILES string of the molecule is CC(C)(C)NCCOc1cccc2c1OC(C)(C)C2. The van der Waals surface area contributed by atoms with E-state index in [2.05, 4.69) is 46.0 Å². The Morgan fingerprint density at radius 3 is 2.74 bits per heavy atom. The molecule has 2 rings (SSSR count). The smallest absolute Gasteiger partial charge is 0.165 e. The molecule has 0 atom stereocenters. The first kappa shape index (κ1) is 14.2. The molecule has 1 N–H and O–H groups in total. The number of fused-ring (bicyclic) bond motifs is 1. The van der Waals surface area contributed by atoms with Crippen molar-refractivity contribution >= 4 is 0 Å². The molecule has 1 heterocycles. The van der Waals surface area contributed by atoms with Crippen LogP contribution in [0, 0.1) is 0 Å². The van der Waals surface area contributed by atoms with Gasteiger partial charge >= 0.3 is 0 Å². The van der Waals surface area contributed by atoms with Gasteiger partial charge in [0.25, 0.3) is 0 Å². The van der Waals surface area contributed by atoms with Crippen LogP contribution in [0.15, 0.2) is 18.2 Å². The van der Waals surface area contributed by atoms with Gasteiger partial charge in [0.15, 0.2) is 11.5 Å². The highest BCUT2D eigenvalue weighted by molar-refractivity contribution is 5.50. The van der Waals surface area contributed by atoms with Crippen LogP contribution in [0.2, 0.25) is 0 Å². The molecule has 0 saturated heterocycles. The minimum Gasteiger partial charge on any atom is -0.488 e. The van der Waals surface area contributed by atoms with E-state index in [0.717, 1.165) is 24.5 Å². The standard InChI is InChI=1S/C16H25NO2/c1-15(2,3)17-9-10-18-13-8-6-7-12-11-16(4,5)19-14(12)13/h6-8,17H,9-11H2,1-5H3. The summed E-state index contributed by atoms with van der Waals surface area (Å²) in [7, 11) is 0. The summed E-state index contributed by atoms with van der Waals surface area (Å²) in [6, 6.07) is 6.14. The maximum absolute atomic E-state index is 5.98. The molecular weight excluding hydrogens is 238 g/mol. The van der Waals surface area contributed by atoms with E-state index in [9.17, 15) is 0 Å². The zero-order valence-corrected chi connectivity index (χ0v) is 12.7. The maximum Gasteiger partial charge on any atom is 0.165 e. The van der Waals surface area contributed by atoms with Gasteiger partial charge in [0, 0.05) is 24.1 Å². The highest BCUT2D eigenvalue weighted by Crippen LogP contribution is 2.41. The fourth-order valence-corrected chi connectivity index (χ4v) is 2.29. The van der Waals surface area contributed by atoms with Crippen molar-refractivity contribution in [2.45, 2.75) is 52.2 Å². The Kier molecular flexibility index (Phi) is 3.77. The molecule has 0 amide bonds. The molecule has 3 nitrogen and oxygen atoms in total. The highest BCUT2D eigenvalue weighted by Gasteiger charge is 2.32. The van der Waals surface area contributed by atoms with Crippen molar-refractivity contribution in [2.75, 3.05) is 13.2 Å². The van der Waals surface area contributed by atoms with Crippen LogP contribution in [-0.4, -0.2) is 24.3 Å². The minimum atomic E-state index is -0.120. The molecule has 0 saturated carbocycles. The average molecular weight is 263 g/mol. The first-order chi connectivity index (χ1) is 8.77. The van der Waals surface area contributed by atoms with Gasteiger partial charge in [-0.05, 0) is 40.7 Å². The monoisotopic (exact) mass is 263 g/mol. The summed E-state index contributed by atoms with van der Waals surface area (Å²) >= 11 is 0. The van der Waals surface area contributed by atoms with Crippen LogP contribution >= 0.6 is 0 Å². The fraction of sp³-hybridized carbons (Fsp3) is 0.625. The van der Waals surface area contributed by atoms with Crippen molar-refractivity contribution in [1.82, 2.24) is 5.32 Å². The van der Waals surface area contributed by atoms with Crippen molar-refractivity contribution in [3.63, 3.8) is 0 Å². The summed E-state index contributed by atoms with van der Waals surface area (Å²) in [4.78, 5) is 0. The quantitative estimate of drug-likeness (QED) is 0.846. The number of benzene rings is 1. The predicted octanol–water partition coefficient (Wildman–Crippen LogP) is 3.17. The van der Waals surface area contributed by atoms with Gasteiger partial charge in [-0.1, -0.05) is 12.1 Å². The Labute approximate surface area is 116 Å². The lowest BCUT2D eigenvalue weighted by molar-refractivity contribution is 0.132. The summed E-state index contributed by atoms with van der Waals surface area (Å²) in [6.45, 7) is 12.2. The summed E-state index contributed by atoms with van der Waals surface area (Å²) in [6.07, 6.45) is 0.944. The van der Waals surface area contributed by atoms with Crippen LogP contribution in [0.3, 0.4) is 0 Å². The molecule has 19 heavy (non-hydrogen) atoms. The first-order valence-corrected chi connectivity index (χ1v) is 6.96. The van der Waals surface area contributed by atoms with Crippen LogP contribution < -0.4 is 14.8 Å². The topological polar surface area (TPSA) is 30.5 Å². The molecule has 0 bridgehead atoms. The van der Waals surface area contributed by atoms with Gasteiger partial charge < -0.3 is 14.8 Å². The number of nitrogens with one attached hydrogen (secondary N) is 1. The van der Waals surface area contributed by atoms with E-state index in [-0.39, 0.29) is 11.1 Å². The lowest BCUT2D eigenvalue weighted by atomic mass is 10.0. The second kappa shape index (κ2) is 5.04. The maximum atomic E-state index is 5.98. The Bertz CT molecular complexity index is 447. The lowest BCUT2D eigenvalue weighted by Gasteiger charge is -2.21. The van der Waals surface area contributed by atoms with E-state index in [1.165, 1.54) is 5.56 Å². The summed E-state index contributed by atoms with van der Waals surface area (Å²) in [5.74, 6) is 1.78. The second-order valence-electron chi connectivity index (χ2n) is 6.81. The molecule has 0 spiro atoms. The van der Waals surface area contributed by atoms with Gasteiger partial charge in [-0.15, -0.1) is 0 Å². The molecule has 0 unspecified atom stereocenters. The molecule has 1 aliphatic rings. The van der Waals surface area contributed by atoms with Gasteiger partial charge in [0.05, 0.1) is 0 Å². The first-order valence-electron chi connectivity index (χ1n) is 6.96. The fourth-order valence-electron chi connectivity index (χ4n) is 2.29. The molecule has 0 fully saturated rings. The van der Waals surface area contributed by atoms with Gasteiger partial charge in [-0.3, -0.25) is 0 Å². The number of para-hydroxylation sites is 1. The van der Waals surface area contributed by atoms with Crippen LogP contribution in [0.4, 0.5) is 0 Å². The predicted molar refractivity (Wildman–Crippen MR) is 78.1 cm³/mol. The van der Waals surface area contributed by atoms with E-state index in [4.69, 9.17) is 9.47 Å². The second-order valence-corrected chi connectivity index (χ2v) is 6.81.